The molecule has 2 N–H and O–H groups in total. The number of rotatable bonds is 3. The predicted molar refractivity (Wildman–Crippen MR) is 88.9 cm³/mol. The summed E-state index contributed by atoms with van der Waals surface area (Å²) in [4.78, 5) is 12.5. The van der Waals surface area contributed by atoms with Crippen LogP contribution in [0.4, 0.5) is 0 Å². The highest BCUT2D eigenvalue weighted by Gasteiger charge is 2.31. The summed E-state index contributed by atoms with van der Waals surface area (Å²) >= 11 is 0. The zero-order valence-corrected chi connectivity index (χ0v) is 13.6. The van der Waals surface area contributed by atoms with E-state index in [-0.39, 0.29) is 5.91 Å². The monoisotopic (exact) mass is 314 g/mol. The fraction of sp³-hybridized carbons (Fsp3) is 0.444. The minimum atomic E-state index is -0.0471. The molecule has 0 spiro atoms. The minimum Gasteiger partial charge on any atom is -0.497 e. The lowest BCUT2D eigenvalue weighted by Crippen LogP contribution is -2.25. The molecule has 1 aliphatic heterocycles. The van der Waals surface area contributed by atoms with Crippen LogP contribution in [0.3, 0.4) is 0 Å². The molecule has 0 bridgehead atoms. The first-order chi connectivity index (χ1) is 11.1. The quantitative estimate of drug-likeness (QED) is 0.512. The number of aryl methyl sites for hydroxylation is 1. The van der Waals surface area contributed by atoms with Crippen LogP contribution in [-0.2, 0) is 11.2 Å². The maximum Gasteiger partial charge on any atom is 0.247 e. The largest absolute Gasteiger partial charge is 0.497 e. The lowest BCUT2D eigenvalue weighted by atomic mass is 9.75. The standard InChI is InChI=1S/C18H22N2O3/c1-11(20-22)9-16-17-12(7-8-19-18(16)21)3-4-13-10-14(23-2)5-6-15(13)17/h5-6,10,12,22H,3-4,7-9H2,1-2H3,(H,19,21)/b20-11+. The Morgan fingerprint density at radius 3 is 3.00 bits per heavy atom. The molecule has 2 aliphatic rings. The first-order valence-electron chi connectivity index (χ1n) is 8.00. The van der Waals surface area contributed by atoms with Crippen molar-refractivity contribution in [2.24, 2.45) is 11.1 Å². The Bertz CT molecular complexity index is 692. The molecule has 122 valence electrons. The summed E-state index contributed by atoms with van der Waals surface area (Å²) < 4.78 is 5.32. The summed E-state index contributed by atoms with van der Waals surface area (Å²) in [7, 11) is 1.66. The fourth-order valence-corrected chi connectivity index (χ4v) is 3.61. The summed E-state index contributed by atoms with van der Waals surface area (Å²) in [5.74, 6) is 1.17. The molecule has 5 nitrogen and oxygen atoms in total. The third kappa shape index (κ3) is 2.96. The number of ether oxygens (including phenoxy) is 1. The van der Waals surface area contributed by atoms with E-state index < -0.39 is 0 Å². The highest BCUT2D eigenvalue weighted by molar-refractivity contribution is 6.07. The number of hydrogen-bond acceptors (Lipinski definition) is 4. The SMILES string of the molecule is COc1ccc2c(c1)CCC1CCNC(=O)C(C/C(C)=N/O)=C21. The van der Waals surface area contributed by atoms with Gasteiger partial charge in [-0.2, -0.15) is 0 Å². The molecule has 23 heavy (non-hydrogen) atoms. The van der Waals surface area contributed by atoms with E-state index in [0.29, 0.717) is 24.6 Å². The number of oxime groups is 1. The van der Waals surface area contributed by atoms with Crippen LogP contribution < -0.4 is 10.1 Å². The van der Waals surface area contributed by atoms with Crippen molar-refractivity contribution in [1.82, 2.24) is 5.32 Å². The van der Waals surface area contributed by atoms with Gasteiger partial charge in [-0.15, -0.1) is 0 Å². The number of allylic oxidation sites excluding steroid dienone is 1. The topological polar surface area (TPSA) is 70.9 Å². The second-order valence-electron chi connectivity index (χ2n) is 6.21. The number of amides is 1. The molecule has 0 aromatic heterocycles. The Balaban J connectivity index is 2.15. The van der Waals surface area contributed by atoms with Crippen molar-refractivity contribution >= 4 is 17.2 Å². The van der Waals surface area contributed by atoms with E-state index >= 15 is 0 Å². The number of nitrogens with zero attached hydrogens (tertiary/aromatic N) is 1. The van der Waals surface area contributed by atoms with Crippen molar-refractivity contribution in [1.29, 1.82) is 0 Å². The van der Waals surface area contributed by atoms with Gasteiger partial charge in [0.15, 0.2) is 0 Å². The molecule has 1 amide bonds. The summed E-state index contributed by atoms with van der Waals surface area (Å²) in [6.45, 7) is 2.43. The number of methoxy groups -OCH3 is 1. The Kier molecular flexibility index (Phi) is 4.37. The van der Waals surface area contributed by atoms with Crippen LogP contribution in [0.1, 0.15) is 37.3 Å². The van der Waals surface area contributed by atoms with Crippen molar-refractivity contribution in [3.8, 4) is 5.75 Å². The van der Waals surface area contributed by atoms with Gasteiger partial charge in [-0.3, -0.25) is 4.79 Å². The van der Waals surface area contributed by atoms with E-state index in [0.717, 1.165) is 41.7 Å². The van der Waals surface area contributed by atoms with E-state index in [2.05, 4.69) is 22.6 Å². The van der Waals surface area contributed by atoms with Crippen LogP contribution >= 0.6 is 0 Å². The average molecular weight is 314 g/mol. The van der Waals surface area contributed by atoms with Crippen LogP contribution in [0.2, 0.25) is 0 Å². The number of carbonyl (C=O) groups is 1. The average Bonchev–Trinajstić information content (AvgIpc) is 2.73. The maximum atomic E-state index is 12.5. The molecule has 3 rings (SSSR count). The summed E-state index contributed by atoms with van der Waals surface area (Å²) in [6.07, 6.45) is 3.35. The van der Waals surface area contributed by atoms with Gasteiger partial charge in [0, 0.05) is 18.5 Å². The minimum absolute atomic E-state index is 0.0471. The molecule has 0 saturated heterocycles. The smallest absolute Gasteiger partial charge is 0.247 e. The highest BCUT2D eigenvalue weighted by atomic mass is 16.5. The lowest BCUT2D eigenvalue weighted by molar-refractivity contribution is -0.117. The van der Waals surface area contributed by atoms with Crippen LogP contribution in [0, 0.1) is 5.92 Å². The van der Waals surface area contributed by atoms with Crippen molar-refractivity contribution < 1.29 is 14.7 Å². The second kappa shape index (κ2) is 6.44. The van der Waals surface area contributed by atoms with Gasteiger partial charge in [0.05, 0.1) is 12.8 Å². The molecule has 0 saturated carbocycles. The zero-order chi connectivity index (χ0) is 16.4. The van der Waals surface area contributed by atoms with Crippen molar-refractivity contribution in [3.05, 3.63) is 34.9 Å². The van der Waals surface area contributed by atoms with Gasteiger partial charge >= 0.3 is 0 Å². The van der Waals surface area contributed by atoms with Gasteiger partial charge in [-0.1, -0.05) is 11.2 Å². The van der Waals surface area contributed by atoms with E-state index in [1.807, 2.05) is 6.07 Å². The maximum absolute atomic E-state index is 12.5. The van der Waals surface area contributed by atoms with Crippen molar-refractivity contribution in [2.75, 3.05) is 13.7 Å². The van der Waals surface area contributed by atoms with Crippen molar-refractivity contribution in [3.63, 3.8) is 0 Å². The molecule has 0 radical (unpaired) electrons. The molecule has 1 unspecified atom stereocenters. The Morgan fingerprint density at radius 1 is 1.43 bits per heavy atom. The number of fused-ring (bicyclic) bond motifs is 3. The second-order valence-corrected chi connectivity index (χ2v) is 6.21. The van der Waals surface area contributed by atoms with E-state index in [4.69, 9.17) is 9.94 Å². The van der Waals surface area contributed by atoms with Gasteiger partial charge in [0.25, 0.3) is 0 Å². The first-order valence-corrected chi connectivity index (χ1v) is 8.00. The van der Waals surface area contributed by atoms with Gasteiger partial charge in [0.1, 0.15) is 5.75 Å². The van der Waals surface area contributed by atoms with Gasteiger partial charge in [-0.25, -0.2) is 0 Å². The predicted octanol–water partition coefficient (Wildman–Crippen LogP) is 2.77. The lowest BCUT2D eigenvalue weighted by Gasteiger charge is -2.28. The summed E-state index contributed by atoms with van der Waals surface area (Å²) in [5.41, 5.74) is 4.76. The van der Waals surface area contributed by atoms with Crippen LogP contribution in [0.5, 0.6) is 5.75 Å². The molecule has 1 atom stereocenters. The Hall–Kier alpha value is -2.30. The Labute approximate surface area is 136 Å². The van der Waals surface area contributed by atoms with Crippen LogP contribution in [0.25, 0.3) is 5.57 Å². The third-order valence-electron chi connectivity index (χ3n) is 4.75. The molecular weight excluding hydrogens is 292 g/mol. The van der Waals surface area contributed by atoms with Crippen molar-refractivity contribution in [2.45, 2.75) is 32.6 Å². The van der Waals surface area contributed by atoms with Gasteiger partial charge in [-0.05, 0) is 60.9 Å². The summed E-state index contributed by atoms with van der Waals surface area (Å²) in [6, 6.07) is 6.06. The molecule has 1 aromatic carbocycles. The fourth-order valence-electron chi connectivity index (χ4n) is 3.61. The third-order valence-corrected chi connectivity index (χ3v) is 4.75. The molecule has 1 heterocycles. The molecular formula is C18H22N2O3. The van der Waals surface area contributed by atoms with Gasteiger partial charge in [0.2, 0.25) is 5.91 Å². The molecule has 1 aromatic rings. The number of carbonyl (C=O) groups excluding carboxylic acids is 1. The molecule has 5 heteroatoms. The number of nitrogens with one attached hydrogen (secondary N) is 1. The van der Waals surface area contributed by atoms with E-state index in [9.17, 15) is 4.79 Å². The normalized spacial score (nSPS) is 21.2. The van der Waals surface area contributed by atoms with E-state index in [1.54, 1.807) is 14.0 Å². The summed E-state index contributed by atoms with van der Waals surface area (Å²) in [5, 5.41) is 15.2. The number of benzene rings is 1. The van der Waals surface area contributed by atoms with Crippen LogP contribution in [0.15, 0.2) is 28.9 Å². The first kappa shape index (κ1) is 15.6. The zero-order valence-electron chi connectivity index (χ0n) is 13.6. The Morgan fingerprint density at radius 2 is 2.26 bits per heavy atom. The van der Waals surface area contributed by atoms with Crippen LogP contribution in [-0.4, -0.2) is 30.5 Å². The van der Waals surface area contributed by atoms with Gasteiger partial charge < -0.3 is 15.3 Å². The number of hydrogen-bond donors (Lipinski definition) is 2. The van der Waals surface area contributed by atoms with E-state index in [1.165, 1.54) is 5.56 Å². The molecule has 1 aliphatic carbocycles. The highest BCUT2D eigenvalue weighted by Crippen LogP contribution is 2.42. The molecule has 0 fully saturated rings.